The Labute approximate surface area is 199 Å². The number of ether oxygens (including phenoxy) is 3. The van der Waals surface area contributed by atoms with Crippen LogP contribution in [0.1, 0.15) is 21.6 Å². The lowest BCUT2D eigenvalue weighted by Crippen LogP contribution is -2.45. The van der Waals surface area contributed by atoms with Gasteiger partial charge in [0.05, 0.1) is 19.1 Å². The summed E-state index contributed by atoms with van der Waals surface area (Å²) >= 11 is 0. The van der Waals surface area contributed by atoms with Crippen molar-refractivity contribution in [3.63, 3.8) is 0 Å². The molecule has 1 saturated heterocycles. The maximum atomic E-state index is 12.6. The number of likely N-dealkylation sites (N-methyl/N-ethyl adjacent to an activating group) is 1. The van der Waals surface area contributed by atoms with Crippen molar-refractivity contribution in [3.8, 4) is 11.5 Å². The van der Waals surface area contributed by atoms with Gasteiger partial charge in [0.1, 0.15) is 18.1 Å². The summed E-state index contributed by atoms with van der Waals surface area (Å²) in [6, 6.07) is 12.2. The number of methoxy groups -OCH3 is 1. The molecule has 1 N–H and O–H groups in total. The first-order valence-electron chi connectivity index (χ1n) is 11.5. The van der Waals surface area contributed by atoms with Crippen molar-refractivity contribution in [3.05, 3.63) is 59.3 Å². The molecule has 1 aliphatic rings. The van der Waals surface area contributed by atoms with Gasteiger partial charge in [-0.1, -0.05) is 0 Å². The molecule has 1 aromatic heterocycles. The zero-order valence-corrected chi connectivity index (χ0v) is 19.9. The van der Waals surface area contributed by atoms with E-state index < -0.39 is 0 Å². The number of aromatic nitrogens is 1. The molecule has 34 heavy (non-hydrogen) atoms. The fraction of sp³-hybridized carbons (Fsp3) is 0.385. The molecule has 3 aromatic rings. The van der Waals surface area contributed by atoms with Gasteiger partial charge < -0.3 is 24.1 Å². The van der Waals surface area contributed by atoms with Gasteiger partial charge >= 0.3 is 11.9 Å². The summed E-state index contributed by atoms with van der Waals surface area (Å²) in [5.74, 6) is 0.353. The zero-order chi connectivity index (χ0) is 24.1. The molecule has 0 bridgehead atoms. The average Bonchev–Trinajstić information content (AvgIpc) is 3.14. The molecule has 8 nitrogen and oxygen atoms in total. The van der Waals surface area contributed by atoms with Gasteiger partial charge in [-0.2, -0.15) is 0 Å². The van der Waals surface area contributed by atoms with Crippen molar-refractivity contribution < 1.29 is 23.8 Å². The number of aromatic amines is 1. The number of benzene rings is 2. The SMILES string of the molecule is COc1ccc2[nH]c(C)c(CC(=O)Oc3ccc(C(=O)OCCN4CCN(C)CC4)cc3)c2c1. The number of nitrogens with zero attached hydrogens (tertiary/aromatic N) is 2. The molecular formula is C26H31N3O5. The van der Waals surface area contributed by atoms with E-state index in [1.807, 2.05) is 25.1 Å². The van der Waals surface area contributed by atoms with Crippen molar-refractivity contribution in [2.45, 2.75) is 13.3 Å². The Morgan fingerprint density at radius 1 is 1.00 bits per heavy atom. The Balaban J connectivity index is 1.29. The molecule has 2 heterocycles. The van der Waals surface area contributed by atoms with Crippen molar-refractivity contribution in [2.75, 3.05) is 53.5 Å². The zero-order valence-electron chi connectivity index (χ0n) is 19.9. The van der Waals surface area contributed by atoms with Gasteiger partial charge in [-0.25, -0.2) is 4.79 Å². The molecule has 0 saturated carbocycles. The highest BCUT2D eigenvalue weighted by Gasteiger charge is 2.17. The predicted octanol–water partition coefficient (Wildman–Crippen LogP) is 3.04. The van der Waals surface area contributed by atoms with Crippen molar-refractivity contribution >= 4 is 22.8 Å². The Morgan fingerprint density at radius 3 is 2.41 bits per heavy atom. The molecule has 0 atom stereocenters. The highest BCUT2D eigenvalue weighted by molar-refractivity contribution is 5.91. The number of hydrogen-bond donors (Lipinski definition) is 1. The molecule has 0 spiro atoms. The first kappa shape index (κ1) is 23.8. The molecule has 180 valence electrons. The van der Waals surface area contributed by atoms with E-state index in [1.165, 1.54) is 0 Å². The number of esters is 2. The number of carbonyl (C=O) groups excluding carboxylic acids is 2. The Bertz CT molecular complexity index is 1150. The van der Waals surface area contributed by atoms with Crippen molar-refractivity contribution in [1.82, 2.24) is 14.8 Å². The lowest BCUT2D eigenvalue weighted by atomic mass is 10.1. The van der Waals surface area contributed by atoms with Crippen LogP contribution in [-0.2, 0) is 16.0 Å². The lowest BCUT2D eigenvalue weighted by molar-refractivity contribution is -0.133. The molecule has 4 rings (SSSR count). The van der Waals surface area contributed by atoms with E-state index in [2.05, 4.69) is 21.8 Å². The molecule has 1 aliphatic heterocycles. The summed E-state index contributed by atoms with van der Waals surface area (Å²) in [5.41, 5.74) is 3.16. The number of hydrogen-bond acceptors (Lipinski definition) is 7. The van der Waals surface area contributed by atoms with Crippen LogP contribution < -0.4 is 9.47 Å². The summed E-state index contributed by atoms with van der Waals surface area (Å²) in [7, 11) is 3.72. The number of aryl methyl sites for hydroxylation is 1. The van der Waals surface area contributed by atoms with Crippen LogP contribution in [0.15, 0.2) is 42.5 Å². The first-order chi connectivity index (χ1) is 16.4. The minimum Gasteiger partial charge on any atom is -0.497 e. The largest absolute Gasteiger partial charge is 0.497 e. The minimum absolute atomic E-state index is 0.120. The number of rotatable bonds is 8. The van der Waals surface area contributed by atoms with Crippen molar-refractivity contribution in [2.24, 2.45) is 0 Å². The van der Waals surface area contributed by atoms with E-state index in [0.29, 0.717) is 17.9 Å². The van der Waals surface area contributed by atoms with Gasteiger partial charge in [0.15, 0.2) is 0 Å². The van der Waals surface area contributed by atoms with E-state index in [-0.39, 0.29) is 18.4 Å². The maximum absolute atomic E-state index is 12.6. The Morgan fingerprint density at radius 2 is 1.71 bits per heavy atom. The van der Waals surface area contributed by atoms with E-state index >= 15 is 0 Å². The van der Waals surface area contributed by atoms with Crippen LogP contribution in [0, 0.1) is 6.92 Å². The summed E-state index contributed by atoms with van der Waals surface area (Å²) in [4.78, 5) is 32.8. The standard InChI is InChI=1S/C26H31N3O5/c1-18-22(23-16-21(32-3)8-9-24(23)27-18)17-25(30)34-20-6-4-19(5-7-20)26(31)33-15-14-29-12-10-28(2)11-13-29/h4-9,16,27H,10-15,17H2,1-3H3. The number of nitrogens with one attached hydrogen (secondary N) is 1. The Kier molecular flexibility index (Phi) is 7.49. The Hall–Kier alpha value is -3.36. The highest BCUT2D eigenvalue weighted by Crippen LogP contribution is 2.27. The summed E-state index contributed by atoms with van der Waals surface area (Å²) in [6.07, 6.45) is 0.120. The van der Waals surface area contributed by atoms with Gasteiger partial charge in [0.2, 0.25) is 0 Å². The van der Waals surface area contributed by atoms with Gasteiger partial charge in [-0.3, -0.25) is 9.69 Å². The van der Waals surface area contributed by atoms with E-state index in [1.54, 1.807) is 31.4 Å². The maximum Gasteiger partial charge on any atom is 0.338 e. The molecule has 0 amide bonds. The summed E-state index contributed by atoms with van der Waals surface area (Å²) in [5, 5.41) is 0.934. The van der Waals surface area contributed by atoms with E-state index in [0.717, 1.165) is 60.6 Å². The summed E-state index contributed by atoms with van der Waals surface area (Å²) in [6.45, 7) is 7.05. The van der Waals surface area contributed by atoms with E-state index in [4.69, 9.17) is 14.2 Å². The molecule has 0 aliphatic carbocycles. The van der Waals surface area contributed by atoms with Crippen LogP contribution in [-0.4, -0.2) is 80.2 Å². The lowest BCUT2D eigenvalue weighted by Gasteiger charge is -2.32. The van der Waals surface area contributed by atoms with E-state index in [9.17, 15) is 9.59 Å². The van der Waals surface area contributed by atoms with Crippen LogP contribution in [0.3, 0.4) is 0 Å². The number of piperazine rings is 1. The molecule has 8 heteroatoms. The number of fused-ring (bicyclic) bond motifs is 1. The fourth-order valence-corrected chi connectivity index (χ4v) is 4.11. The smallest absolute Gasteiger partial charge is 0.338 e. The highest BCUT2D eigenvalue weighted by atomic mass is 16.5. The first-order valence-corrected chi connectivity index (χ1v) is 11.5. The van der Waals surface area contributed by atoms with Gasteiger partial charge in [0.25, 0.3) is 0 Å². The average molecular weight is 466 g/mol. The predicted molar refractivity (Wildman–Crippen MR) is 130 cm³/mol. The van der Waals surface area contributed by atoms with Gasteiger partial charge in [-0.05, 0) is 62.0 Å². The van der Waals surface area contributed by atoms with Crippen LogP contribution in [0.5, 0.6) is 11.5 Å². The topological polar surface area (TPSA) is 84.1 Å². The second-order valence-corrected chi connectivity index (χ2v) is 8.60. The molecule has 2 aromatic carbocycles. The fourth-order valence-electron chi connectivity index (χ4n) is 4.11. The number of H-pyrrole nitrogens is 1. The molecule has 0 unspecified atom stereocenters. The summed E-state index contributed by atoms with van der Waals surface area (Å²) < 4.78 is 16.2. The molecular weight excluding hydrogens is 434 g/mol. The van der Waals surface area contributed by atoms with Gasteiger partial charge in [-0.15, -0.1) is 0 Å². The molecule has 0 radical (unpaired) electrons. The third-order valence-electron chi connectivity index (χ3n) is 6.21. The number of carbonyl (C=O) groups is 2. The monoisotopic (exact) mass is 465 g/mol. The second-order valence-electron chi connectivity index (χ2n) is 8.60. The van der Waals surface area contributed by atoms with Crippen LogP contribution >= 0.6 is 0 Å². The van der Waals surface area contributed by atoms with Crippen molar-refractivity contribution in [1.29, 1.82) is 0 Å². The third kappa shape index (κ3) is 5.76. The van der Waals surface area contributed by atoms with Crippen LogP contribution in [0.2, 0.25) is 0 Å². The normalized spacial score (nSPS) is 14.8. The second kappa shape index (κ2) is 10.7. The minimum atomic E-state index is -0.380. The van der Waals surface area contributed by atoms with Crippen LogP contribution in [0.25, 0.3) is 10.9 Å². The van der Waals surface area contributed by atoms with Crippen LogP contribution in [0.4, 0.5) is 0 Å². The quantitative estimate of drug-likeness (QED) is 0.404. The third-order valence-corrected chi connectivity index (χ3v) is 6.21. The molecule has 1 fully saturated rings. The van der Waals surface area contributed by atoms with Gasteiger partial charge in [0, 0.05) is 49.3 Å².